The van der Waals surface area contributed by atoms with E-state index >= 15 is 0 Å². The summed E-state index contributed by atoms with van der Waals surface area (Å²) in [4.78, 5) is 44.7. The molecule has 8 heteroatoms. The number of hydrogen-bond donors (Lipinski definition) is 1. The maximum absolute atomic E-state index is 13.4. The molecule has 1 atom stereocenters. The Kier molecular flexibility index (Phi) is 5.67. The molecule has 4 rings (SSSR count). The van der Waals surface area contributed by atoms with Gasteiger partial charge in [-0.3, -0.25) is 14.2 Å². The van der Waals surface area contributed by atoms with Crippen LogP contribution in [0.15, 0.2) is 35.1 Å². The molecule has 1 N–H and O–H groups in total. The van der Waals surface area contributed by atoms with Crippen LogP contribution in [0.3, 0.4) is 0 Å². The molecule has 2 aromatic heterocycles. The van der Waals surface area contributed by atoms with E-state index in [1.54, 1.807) is 31.2 Å². The number of thiophene rings is 1. The van der Waals surface area contributed by atoms with E-state index in [2.05, 4.69) is 17.2 Å². The lowest BCUT2D eigenvalue weighted by Gasteiger charge is -2.17. The van der Waals surface area contributed by atoms with E-state index < -0.39 is 11.9 Å². The van der Waals surface area contributed by atoms with E-state index in [1.807, 2.05) is 6.07 Å². The minimum Gasteiger partial charge on any atom is -0.460 e. The van der Waals surface area contributed by atoms with Gasteiger partial charge < -0.3 is 10.1 Å². The molecule has 3 aromatic rings. The summed E-state index contributed by atoms with van der Waals surface area (Å²) in [6.45, 7) is 3.72. The molecular formula is C22H23N3O4S. The number of hydrogen-bond acceptors (Lipinski definition) is 6. The Morgan fingerprint density at radius 1 is 1.30 bits per heavy atom. The number of para-hydroxylation sites is 1. The first-order valence-corrected chi connectivity index (χ1v) is 10.9. The number of nitrogens with one attached hydrogen (secondary N) is 1. The van der Waals surface area contributed by atoms with E-state index in [1.165, 1.54) is 11.3 Å². The Labute approximate surface area is 177 Å². The molecular weight excluding hydrogens is 402 g/mol. The third kappa shape index (κ3) is 3.87. The molecule has 0 saturated carbocycles. The van der Waals surface area contributed by atoms with Crippen molar-refractivity contribution in [2.24, 2.45) is 5.92 Å². The normalized spacial score (nSPS) is 15.6. The summed E-state index contributed by atoms with van der Waals surface area (Å²) in [5, 5.41) is 3.28. The first-order valence-electron chi connectivity index (χ1n) is 10.0. The predicted molar refractivity (Wildman–Crippen MR) is 116 cm³/mol. The van der Waals surface area contributed by atoms with Crippen LogP contribution in [0.1, 0.15) is 41.3 Å². The SMILES string of the molecule is CCOC(=O)c1nc2sc3c(c2c(=O)n1CC(=O)Nc1ccccc1)CCC(C)C3. The number of carbonyl (C=O) groups is 2. The molecule has 1 aromatic carbocycles. The third-order valence-corrected chi connectivity index (χ3v) is 6.38. The highest BCUT2D eigenvalue weighted by atomic mass is 32.1. The number of aromatic nitrogens is 2. The van der Waals surface area contributed by atoms with Crippen LogP contribution in [-0.2, 0) is 28.9 Å². The summed E-state index contributed by atoms with van der Waals surface area (Å²) in [5.74, 6) is -0.699. The first-order chi connectivity index (χ1) is 14.5. The molecule has 0 radical (unpaired) electrons. The van der Waals surface area contributed by atoms with Crippen molar-refractivity contribution in [1.82, 2.24) is 9.55 Å². The zero-order chi connectivity index (χ0) is 21.3. The van der Waals surface area contributed by atoms with Crippen LogP contribution in [0.2, 0.25) is 0 Å². The number of carbonyl (C=O) groups excluding carboxylic acids is 2. The van der Waals surface area contributed by atoms with Gasteiger partial charge in [-0.05, 0) is 49.8 Å². The van der Waals surface area contributed by atoms with Gasteiger partial charge in [0.2, 0.25) is 11.7 Å². The van der Waals surface area contributed by atoms with E-state index in [-0.39, 0.29) is 24.5 Å². The number of amides is 1. The smallest absolute Gasteiger partial charge is 0.374 e. The molecule has 1 amide bonds. The zero-order valence-corrected chi connectivity index (χ0v) is 17.8. The number of aryl methyl sites for hydroxylation is 1. The molecule has 7 nitrogen and oxygen atoms in total. The van der Waals surface area contributed by atoms with Gasteiger partial charge in [-0.1, -0.05) is 25.1 Å². The number of rotatable bonds is 5. The van der Waals surface area contributed by atoms with E-state index in [9.17, 15) is 14.4 Å². The second-order valence-electron chi connectivity index (χ2n) is 7.49. The highest BCUT2D eigenvalue weighted by molar-refractivity contribution is 7.18. The van der Waals surface area contributed by atoms with Crippen LogP contribution in [0, 0.1) is 5.92 Å². The van der Waals surface area contributed by atoms with Crippen LogP contribution in [0.25, 0.3) is 10.2 Å². The van der Waals surface area contributed by atoms with Gasteiger partial charge >= 0.3 is 5.97 Å². The van der Waals surface area contributed by atoms with Crippen LogP contribution in [0.4, 0.5) is 5.69 Å². The van der Waals surface area contributed by atoms with Gasteiger partial charge in [0.05, 0.1) is 12.0 Å². The van der Waals surface area contributed by atoms with Crippen molar-refractivity contribution in [1.29, 1.82) is 0 Å². The summed E-state index contributed by atoms with van der Waals surface area (Å²) in [6.07, 6.45) is 2.72. The van der Waals surface area contributed by atoms with Crippen molar-refractivity contribution in [3.05, 3.63) is 57.0 Å². The monoisotopic (exact) mass is 425 g/mol. The number of anilines is 1. The summed E-state index contributed by atoms with van der Waals surface area (Å²) in [7, 11) is 0. The molecule has 0 fully saturated rings. The van der Waals surface area contributed by atoms with E-state index in [4.69, 9.17) is 4.74 Å². The fourth-order valence-corrected chi connectivity index (χ4v) is 5.16. The Balaban J connectivity index is 1.78. The minimum atomic E-state index is -0.705. The van der Waals surface area contributed by atoms with Gasteiger partial charge in [-0.15, -0.1) is 11.3 Å². The van der Waals surface area contributed by atoms with Gasteiger partial charge in [0.15, 0.2) is 0 Å². The van der Waals surface area contributed by atoms with Crippen molar-refractivity contribution in [3.8, 4) is 0 Å². The average Bonchev–Trinajstić information content (AvgIpc) is 3.08. The lowest BCUT2D eigenvalue weighted by atomic mass is 9.89. The Morgan fingerprint density at radius 2 is 2.07 bits per heavy atom. The van der Waals surface area contributed by atoms with E-state index in [0.717, 1.165) is 34.3 Å². The highest BCUT2D eigenvalue weighted by Gasteiger charge is 2.27. The van der Waals surface area contributed by atoms with E-state index in [0.29, 0.717) is 21.8 Å². The summed E-state index contributed by atoms with van der Waals surface area (Å²) in [5.41, 5.74) is 1.26. The van der Waals surface area contributed by atoms with Gasteiger partial charge in [-0.2, -0.15) is 0 Å². The molecule has 1 aliphatic rings. The summed E-state index contributed by atoms with van der Waals surface area (Å²) < 4.78 is 6.25. The molecule has 0 aliphatic heterocycles. The fraction of sp³-hybridized carbons (Fsp3) is 0.364. The van der Waals surface area contributed by atoms with Crippen LogP contribution < -0.4 is 10.9 Å². The van der Waals surface area contributed by atoms with Crippen molar-refractivity contribution in [2.45, 2.75) is 39.7 Å². The molecule has 0 saturated heterocycles. The summed E-state index contributed by atoms with van der Waals surface area (Å²) in [6, 6.07) is 8.96. The number of nitrogens with zero attached hydrogens (tertiary/aromatic N) is 2. The molecule has 156 valence electrons. The molecule has 1 unspecified atom stereocenters. The molecule has 2 heterocycles. The maximum atomic E-state index is 13.4. The second-order valence-corrected chi connectivity index (χ2v) is 8.58. The number of benzene rings is 1. The minimum absolute atomic E-state index is 0.135. The first kappa shape index (κ1) is 20.3. The van der Waals surface area contributed by atoms with Crippen LogP contribution in [-0.4, -0.2) is 28.0 Å². The Bertz CT molecular complexity index is 1170. The second kappa shape index (κ2) is 8.39. The molecule has 0 spiro atoms. The maximum Gasteiger partial charge on any atom is 0.374 e. The molecule has 30 heavy (non-hydrogen) atoms. The van der Waals surface area contributed by atoms with Crippen molar-refractivity contribution >= 4 is 39.1 Å². The van der Waals surface area contributed by atoms with Gasteiger partial charge in [0.25, 0.3) is 5.56 Å². The fourth-order valence-electron chi connectivity index (χ4n) is 3.79. The van der Waals surface area contributed by atoms with Crippen molar-refractivity contribution < 1.29 is 14.3 Å². The lowest BCUT2D eigenvalue weighted by Crippen LogP contribution is -2.33. The average molecular weight is 426 g/mol. The largest absolute Gasteiger partial charge is 0.460 e. The van der Waals surface area contributed by atoms with Gasteiger partial charge in [-0.25, -0.2) is 9.78 Å². The van der Waals surface area contributed by atoms with Crippen LogP contribution >= 0.6 is 11.3 Å². The van der Waals surface area contributed by atoms with Crippen molar-refractivity contribution in [3.63, 3.8) is 0 Å². The Morgan fingerprint density at radius 3 is 2.80 bits per heavy atom. The van der Waals surface area contributed by atoms with Gasteiger partial charge in [0, 0.05) is 10.6 Å². The lowest BCUT2D eigenvalue weighted by molar-refractivity contribution is -0.116. The summed E-state index contributed by atoms with van der Waals surface area (Å²) >= 11 is 1.46. The van der Waals surface area contributed by atoms with Crippen molar-refractivity contribution in [2.75, 3.05) is 11.9 Å². The van der Waals surface area contributed by atoms with Crippen LogP contribution in [0.5, 0.6) is 0 Å². The quantitative estimate of drug-likeness (QED) is 0.633. The highest BCUT2D eigenvalue weighted by Crippen LogP contribution is 2.35. The standard InChI is InChI=1S/C22H23N3O4S/c1-3-29-22(28)19-24-20-18(15-10-9-13(2)11-16(15)30-20)21(27)25(19)12-17(26)23-14-7-5-4-6-8-14/h4-8,13H,3,9-12H2,1-2H3,(H,23,26). The number of ether oxygens (including phenoxy) is 1. The molecule has 0 bridgehead atoms. The topological polar surface area (TPSA) is 90.3 Å². The number of esters is 1. The zero-order valence-electron chi connectivity index (χ0n) is 16.9. The predicted octanol–water partition coefficient (Wildman–Crippen LogP) is 3.40. The number of fused-ring (bicyclic) bond motifs is 3. The van der Waals surface area contributed by atoms with Gasteiger partial charge in [0.1, 0.15) is 11.4 Å². The third-order valence-electron chi connectivity index (χ3n) is 5.23. The molecule has 1 aliphatic carbocycles. The Hall–Kier alpha value is -3.00.